The van der Waals surface area contributed by atoms with Gasteiger partial charge < -0.3 is 5.32 Å². The van der Waals surface area contributed by atoms with Crippen molar-refractivity contribution in [2.75, 3.05) is 6.54 Å². The Kier molecular flexibility index (Phi) is 1.96. The van der Waals surface area contributed by atoms with Gasteiger partial charge in [-0.05, 0) is 36.8 Å². The van der Waals surface area contributed by atoms with Crippen molar-refractivity contribution >= 4 is 0 Å². The third-order valence-corrected chi connectivity index (χ3v) is 3.85. The summed E-state index contributed by atoms with van der Waals surface area (Å²) in [7, 11) is 0. The van der Waals surface area contributed by atoms with E-state index in [1.54, 1.807) is 0 Å². The van der Waals surface area contributed by atoms with Crippen LogP contribution in [0.5, 0.6) is 0 Å². The molecule has 0 aromatic heterocycles. The van der Waals surface area contributed by atoms with E-state index in [0.717, 1.165) is 13.0 Å². The Hall–Kier alpha value is -1.08. The van der Waals surface area contributed by atoms with E-state index in [1.807, 2.05) is 0 Å². The van der Waals surface area contributed by atoms with E-state index < -0.39 is 0 Å². The zero-order valence-electron chi connectivity index (χ0n) is 9.05. The second-order valence-electron chi connectivity index (χ2n) is 4.84. The summed E-state index contributed by atoms with van der Waals surface area (Å²) in [5.41, 5.74) is 4.69. The zero-order valence-corrected chi connectivity index (χ0v) is 9.05. The van der Waals surface area contributed by atoms with Crippen molar-refractivity contribution in [3.05, 3.63) is 47.5 Å². The summed E-state index contributed by atoms with van der Waals surface area (Å²) in [6, 6.07) is 8.88. The molecule has 1 fully saturated rings. The van der Waals surface area contributed by atoms with Gasteiger partial charge >= 0.3 is 0 Å². The van der Waals surface area contributed by atoms with Crippen molar-refractivity contribution < 1.29 is 0 Å². The van der Waals surface area contributed by atoms with E-state index in [4.69, 9.17) is 0 Å². The summed E-state index contributed by atoms with van der Waals surface area (Å²) in [6.07, 6.45) is 4.71. The standard InChI is InChI=1S/C14H17N/c1-11-6-8-14(10-11)13-5-3-2-4-12(13)7-9-15-14/h2-5,15H,1,6-10H2. The van der Waals surface area contributed by atoms with Crippen molar-refractivity contribution in [2.45, 2.75) is 31.2 Å². The van der Waals surface area contributed by atoms with Crippen LogP contribution in [-0.4, -0.2) is 6.54 Å². The number of benzene rings is 1. The van der Waals surface area contributed by atoms with Crippen LogP contribution in [0.15, 0.2) is 36.4 Å². The molecule has 0 amide bonds. The molecule has 0 radical (unpaired) electrons. The first kappa shape index (κ1) is 9.17. The third kappa shape index (κ3) is 1.34. The van der Waals surface area contributed by atoms with Crippen molar-refractivity contribution in [1.82, 2.24) is 5.32 Å². The topological polar surface area (TPSA) is 12.0 Å². The van der Waals surface area contributed by atoms with Gasteiger partial charge in [0, 0.05) is 12.1 Å². The quantitative estimate of drug-likeness (QED) is 0.633. The van der Waals surface area contributed by atoms with Crippen LogP contribution in [0.25, 0.3) is 0 Å². The maximum Gasteiger partial charge on any atom is 0.0477 e. The minimum atomic E-state index is 0.228. The second kappa shape index (κ2) is 3.21. The highest BCUT2D eigenvalue weighted by Crippen LogP contribution is 2.43. The van der Waals surface area contributed by atoms with Crippen LogP contribution in [-0.2, 0) is 12.0 Å². The molecule has 1 saturated carbocycles. The van der Waals surface area contributed by atoms with Gasteiger partial charge in [0.05, 0.1) is 0 Å². The third-order valence-electron chi connectivity index (χ3n) is 3.85. The molecule has 1 aromatic carbocycles. The van der Waals surface area contributed by atoms with Crippen molar-refractivity contribution in [3.63, 3.8) is 0 Å². The Labute approximate surface area is 91.2 Å². The van der Waals surface area contributed by atoms with Gasteiger partial charge in [0.15, 0.2) is 0 Å². The van der Waals surface area contributed by atoms with Gasteiger partial charge in [-0.25, -0.2) is 0 Å². The molecule has 1 aliphatic carbocycles. The maximum absolute atomic E-state index is 4.14. The van der Waals surface area contributed by atoms with Gasteiger partial charge in [0.1, 0.15) is 0 Å². The second-order valence-corrected chi connectivity index (χ2v) is 4.84. The maximum atomic E-state index is 4.14. The van der Waals surface area contributed by atoms with E-state index >= 15 is 0 Å². The van der Waals surface area contributed by atoms with Gasteiger partial charge in [0.2, 0.25) is 0 Å². The van der Waals surface area contributed by atoms with E-state index in [2.05, 4.69) is 36.2 Å². The van der Waals surface area contributed by atoms with Crippen LogP contribution < -0.4 is 5.32 Å². The largest absolute Gasteiger partial charge is 0.307 e. The number of hydrogen-bond donors (Lipinski definition) is 1. The van der Waals surface area contributed by atoms with Crippen molar-refractivity contribution in [2.24, 2.45) is 0 Å². The molecule has 0 bridgehead atoms. The zero-order chi connectivity index (χ0) is 10.3. The fourth-order valence-corrected chi connectivity index (χ4v) is 3.11. The minimum absolute atomic E-state index is 0.228. The normalized spacial score (nSPS) is 29.5. The van der Waals surface area contributed by atoms with Crippen LogP contribution in [0.4, 0.5) is 0 Å². The molecule has 1 aliphatic heterocycles. The SMILES string of the molecule is C=C1CCC2(C1)NCCc1ccccc12. The molecular weight excluding hydrogens is 182 g/mol. The van der Waals surface area contributed by atoms with Crippen LogP contribution in [0, 0.1) is 0 Å². The fraction of sp³-hybridized carbons (Fsp3) is 0.429. The Bertz CT molecular complexity index is 408. The molecule has 78 valence electrons. The Morgan fingerprint density at radius 3 is 2.87 bits per heavy atom. The molecule has 1 aromatic rings. The first-order valence-corrected chi connectivity index (χ1v) is 5.80. The lowest BCUT2D eigenvalue weighted by molar-refractivity contribution is 0.329. The Morgan fingerprint density at radius 1 is 1.20 bits per heavy atom. The Balaban J connectivity index is 2.09. The van der Waals surface area contributed by atoms with Crippen LogP contribution in [0.1, 0.15) is 30.4 Å². The highest BCUT2D eigenvalue weighted by Gasteiger charge is 2.39. The van der Waals surface area contributed by atoms with Gasteiger partial charge in [-0.3, -0.25) is 0 Å². The molecular formula is C14H17N. The van der Waals surface area contributed by atoms with E-state index in [9.17, 15) is 0 Å². The predicted molar refractivity (Wildman–Crippen MR) is 62.8 cm³/mol. The van der Waals surface area contributed by atoms with E-state index in [1.165, 1.54) is 36.0 Å². The minimum Gasteiger partial charge on any atom is -0.307 e. The fourth-order valence-electron chi connectivity index (χ4n) is 3.11. The van der Waals surface area contributed by atoms with Crippen LogP contribution in [0.2, 0.25) is 0 Å². The van der Waals surface area contributed by atoms with Crippen molar-refractivity contribution in [3.8, 4) is 0 Å². The van der Waals surface area contributed by atoms with Gasteiger partial charge in [-0.15, -0.1) is 0 Å². The number of nitrogens with one attached hydrogen (secondary N) is 1. The number of fused-ring (bicyclic) bond motifs is 2. The highest BCUT2D eigenvalue weighted by molar-refractivity contribution is 5.39. The van der Waals surface area contributed by atoms with Crippen LogP contribution >= 0.6 is 0 Å². The lowest BCUT2D eigenvalue weighted by Gasteiger charge is -2.37. The van der Waals surface area contributed by atoms with Gasteiger partial charge in [0.25, 0.3) is 0 Å². The summed E-state index contributed by atoms with van der Waals surface area (Å²) in [5, 5.41) is 3.72. The monoisotopic (exact) mass is 199 g/mol. The lowest BCUT2D eigenvalue weighted by atomic mass is 9.81. The highest BCUT2D eigenvalue weighted by atomic mass is 15.0. The predicted octanol–water partition coefficient (Wildman–Crippen LogP) is 2.77. The lowest BCUT2D eigenvalue weighted by Crippen LogP contribution is -2.45. The van der Waals surface area contributed by atoms with E-state index in [-0.39, 0.29) is 5.54 Å². The number of rotatable bonds is 0. The van der Waals surface area contributed by atoms with Crippen molar-refractivity contribution in [1.29, 1.82) is 0 Å². The number of hydrogen-bond acceptors (Lipinski definition) is 1. The first-order valence-electron chi connectivity index (χ1n) is 5.80. The van der Waals surface area contributed by atoms with Gasteiger partial charge in [-0.2, -0.15) is 0 Å². The molecule has 1 heterocycles. The molecule has 1 N–H and O–H groups in total. The van der Waals surface area contributed by atoms with Gasteiger partial charge in [-0.1, -0.05) is 36.4 Å². The summed E-state index contributed by atoms with van der Waals surface area (Å²) >= 11 is 0. The summed E-state index contributed by atoms with van der Waals surface area (Å²) in [6.45, 7) is 5.25. The average Bonchev–Trinajstić information content (AvgIpc) is 2.62. The molecule has 1 atom stereocenters. The molecule has 1 unspecified atom stereocenters. The summed E-state index contributed by atoms with van der Waals surface area (Å²) in [4.78, 5) is 0. The summed E-state index contributed by atoms with van der Waals surface area (Å²) in [5.74, 6) is 0. The molecule has 15 heavy (non-hydrogen) atoms. The van der Waals surface area contributed by atoms with Crippen LogP contribution in [0.3, 0.4) is 0 Å². The Morgan fingerprint density at radius 2 is 2.07 bits per heavy atom. The molecule has 2 aliphatic rings. The smallest absolute Gasteiger partial charge is 0.0477 e. The molecule has 1 spiro atoms. The average molecular weight is 199 g/mol. The molecule has 1 heteroatoms. The first-order chi connectivity index (χ1) is 7.30. The molecule has 1 nitrogen and oxygen atoms in total. The summed E-state index contributed by atoms with van der Waals surface area (Å²) < 4.78 is 0. The van der Waals surface area contributed by atoms with E-state index in [0.29, 0.717) is 0 Å². The molecule has 3 rings (SSSR count). The molecule has 0 saturated heterocycles.